The van der Waals surface area contributed by atoms with Crippen molar-refractivity contribution < 1.29 is 4.79 Å². The first-order valence-corrected chi connectivity index (χ1v) is 9.28. The zero-order valence-corrected chi connectivity index (χ0v) is 14.4. The molecule has 4 aliphatic carbocycles. The van der Waals surface area contributed by atoms with E-state index in [1.807, 2.05) is 12.3 Å². The van der Waals surface area contributed by atoms with Crippen LogP contribution in [0, 0.1) is 23.7 Å². The van der Waals surface area contributed by atoms with Crippen molar-refractivity contribution in [2.45, 2.75) is 38.1 Å². The van der Waals surface area contributed by atoms with Crippen LogP contribution in [0.3, 0.4) is 0 Å². The normalized spacial score (nSPS) is 34.9. The lowest BCUT2D eigenvalue weighted by atomic mass is 9.54. The predicted octanol–water partition coefficient (Wildman–Crippen LogP) is 3.05. The molecule has 120 valence electrons. The number of nitrogens with zero attached hydrogens (tertiary/aromatic N) is 3. The molecule has 6 heteroatoms. The number of hydrogen-bond donors (Lipinski definition) is 1. The molecule has 0 aromatic carbocycles. The molecule has 2 heterocycles. The van der Waals surface area contributed by atoms with Gasteiger partial charge in [0.25, 0.3) is 5.91 Å². The molecule has 0 saturated heterocycles. The van der Waals surface area contributed by atoms with E-state index >= 15 is 0 Å². The van der Waals surface area contributed by atoms with Crippen LogP contribution in [0.2, 0.25) is 0 Å². The molecule has 0 radical (unpaired) electrons. The van der Waals surface area contributed by atoms with Crippen LogP contribution in [-0.4, -0.2) is 26.5 Å². The lowest BCUT2D eigenvalue weighted by molar-refractivity contribution is -0.0120. The molecule has 4 bridgehead atoms. The maximum absolute atomic E-state index is 12.8. The summed E-state index contributed by atoms with van der Waals surface area (Å²) in [7, 11) is 0. The summed E-state index contributed by atoms with van der Waals surface area (Å²) >= 11 is 3.49. The van der Waals surface area contributed by atoms with Gasteiger partial charge in [0.2, 0.25) is 0 Å². The van der Waals surface area contributed by atoms with Gasteiger partial charge in [-0.25, -0.2) is 9.50 Å². The molecule has 0 spiro atoms. The fourth-order valence-corrected chi connectivity index (χ4v) is 5.93. The smallest absolute Gasteiger partial charge is 0.273 e. The number of halogens is 1. The van der Waals surface area contributed by atoms with E-state index in [1.165, 1.54) is 32.1 Å². The van der Waals surface area contributed by atoms with Crippen LogP contribution in [0.5, 0.6) is 0 Å². The fourth-order valence-electron chi connectivity index (χ4n) is 5.38. The molecule has 6 rings (SSSR count). The van der Waals surface area contributed by atoms with Crippen LogP contribution >= 0.6 is 15.9 Å². The van der Waals surface area contributed by atoms with Crippen LogP contribution in [0.15, 0.2) is 22.9 Å². The Balaban J connectivity index is 1.41. The molecule has 4 aliphatic rings. The predicted molar refractivity (Wildman–Crippen MR) is 89.0 cm³/mol. The molecule has 2 aromatic rings. The number of nitrogens with one attached hydrogen (secondary N) is 1. The second-order valence-electron chi connectivity index (χ2n) is 7.48. The molecular formula is C17H19BrN4O. The zero-order valence-electron chi connectivity index (χ0n) is 12.8. The Hall–Kier alpha value is -1.43. The van der Waals surface area contributed by atoms with Crippen LogP contribution in [-0.2, 0) is 0 Å². The van der Waals surface area contributed by atoms with Gasteiger partial charge in [-0.05, 0) is 77.8 Å². The van der Waals surface area contributed by atoms with Gasteiger partial charge in [0.1, 0.15) is 0 Å². The molecule has 1 amide bonds. The van der Waals surface area contributed by atoms with E-state index < -0.39 is 0 Å². The molecular weight excluding hydrogens is 356 g/mol. The first kappa shape index (κ1) is 14.0. The van der Waals surface area contributed by atoms with E-state index in [4.69, 9.17) is 0 Å². The fraction of sp³-hybridized carbons (Fsp3) is 0.588. The number of carbonyl (C=O) groups is 1. The van der Waals surface area contributed by atoms with Crippen molar-refractivity contribution in [3.63, 3.8) is 0 Å². The van der Waals surface area contributed by atoms with Crippen LogP contribution in [0.25, 0.3) is 5.65 Å². The van der Waals surface area contributed by atoms with E-state index in [1.54, 1.807) is 10.7 Å². The average molecular weight is 375 g/mol. The summed E-state index contributed by atoms with van der Waals surface area (Å²) in [6.45, 7) is 0. The Bertz CT molecular complexity index is 758. The number of rotatable bonds is 2. The number of carbonyl (C=O) groups excluding carboxylic acids is 1. The van der Waals surface area contributed by atoms with Crippen molar-refractivity contribution in [2.75, 3.05) is 0 Å². The third-order valence-corrected chi connectivity index (χ3v) is 6.81. The minimum absolute atomic E-state index is 0.0696. The third kappa shape index (κ3) is 2.14. The van der Waals surface area contributed by atoms with Gasteiger partial charge in [0.05, 0.1) is 4.47 Å². The van der Waals surface area contributed by atoms with Gasteiger partial charge in [0.15, 0.2) is 11.3 Å². The highest BCUT2D eigenvalue weighted by Crippen LogP contribution is 2.53. The van der Waals surface area contributed by atoms with Gasteiger partial charge in [-0.2, -0.15) is 5.10 Å². The first-order chi connectivity index (χ1) is 11.2. The largest absolute Gasteiger partial charge is 0.347 e. The summed E-state index contributed by atoms with van der Waals surface area (Å²) < 4.78 is 2.33. The number of fused-ring (bicyclic) bond motifs is 1. The molecule has 4 fully saturated rings. The highest BCUT2D eigenvalue weighted by Gasteiger charge is 2.48. The van der Waals surface area contributed by atoms with Gasteiger partial charge >= 0.3 is 0 Å². The molecule has 0 aliphatic heterocycles. The van der Waals surface area contributed by atoms with Crippen molar-refractivity contribution in [2.24, 2.45) is 23.7 Å². The Morgan fingerprint density at radius 3 is 2.52 bits per heavy atom. The number of hydrogen-bond acceptors (Lipinski definition) is 3. The first-order valence-electron chi connectivity index (χ1n) is 8.48. The van der Waals surface area contributed by atoms with Crippen molar-refractivity contribution >= 4 is 27.5 Å². The second-order valence-corrected chi connectivity index (χ2v) is 8.27. The Morgan fingerprint density at radius 2 is 1.87 bits per heavy atom. The van der Waals surface area contributed by atoms with Crippen molar-refractivity contribution in [3.05, 3.63) is 28.6 Å². The van der Waals surface area contributed by atoms with E-state index in [0.29, 0.717) is 33.7 Å². The van der Waals surface area contributed by atoms with Crippen LogP contribution in [0.4, 0.5) is 0 Å². The van der Waals surface area contributed by atoms with Crippen molar-refractivity contribution in [3.8, 4) is 0 Å². The van der Waals surface area contributed by atoms with Crippen LogP contribution in [0.1, 0.15) is 42.6 Å². The number of aromatic nitrogens is 3. The van der Waals surface area contributed by atoms with E-state index in [0.717, 1.165) is 11.8 Å². The molecule has 0 unspecified atom stereocenters. The lowest BCUT2D eigenvalue weighted by Crippen LogP contribution is -2.55. The SMILES string of the molecule is O=C(NC1C2CC3CC(C2)CC1C3)c1nn2cccnc2c1Br. The average Bonchev–Trinajstić information content (AvgIpc) is 2.88. The van der Waals surface area contributed by atoms with E-state index in [2.05, 4.69) is 31.3 Å². The summed E-state index contributed by atoms with van der Waals surface area (Å²) in [5, 5.41) is 7.70. The second kappa shape index (κ2) is 5.03. The summed E-state index contributed by atoms with van der Waals surface area (Å²) in [5.41, 5.74) is 1.13. The Labute approximate surface area is 143 Å². The third-order valence-electron chi connectivity index (χ3n) is 6.08. The van der Waals surface area contributed by atoms with Gasteiger partial charge < -0.3 is 5.32 Å². The van der Waals surface area contributed by atoms with Gasteiger partial charge in [-0.1, -0.05) is 0 Å². The minimum atomic E-state index is -0.0696. The maximum Gasteiger partial charge on any atom is 0.273 e. The zero-order chi connectivity index (χ0) is 15.6. The monoisotopic (exact) mass is 374 g/mol. The molecule has 23 heavy (non-hydrogen) atoms. The molecule has 2 aromatic heterocycles. The molecule has 0 atom stereocenters. The van der Waals surface area contributed by atoms with Gasteiger partial charge in [-0.3, -0.25) is 4.79 Å². The van der Waals surface area contributed by atoms with E-state index in [-0.39, 0.29) is 5.91 Å². The Kier molecular flexibility index (Phi) is 3.05. The summed E-state index contributed by atoms with van der Waals surface area (Å²) in [6, 6.07) is 2.14. The van der Waals surface area contributed by atoms with Gasteiger partial charge in [-0.15, -0.1) is 0 Å². The molecule has 5 nitrogen and oxygen atoms in total. The van der Waals surface area contributed by atoms with Crippen molar-refractivity contribution in [1.29, 1.82) is 0 Å². The summed E-state index contributed by atoms with van der Waals surface area (Å²) in [5.74, 6) is 3.10. The summed E-state index contributed by atoms with van der Waals surface area (Å²) in [6.07, 6.45) is 10.1. The minimum Gasteiger partial charge on any atom is -0.347 e. The maximum atomic E-state index is 12.8. The van der Waals surface area contributed by atoms with Crippen molar-refractivity contribution in [1.82, 2.24) is 19.9 Å². The van der Waals surface area contributed by atoms with Crippen LogP contribution < -0.4 is 5.32 Å². The molecule has 4 saturated carbocycles. The van der Waals surface area contributed by atoms with E-state index in [9.17, 15) is 4.79 Å². The highest BCUT2D eigenvalue weighted by atomic mass is 79.9. The number of amides is 1. The van der Waals surface area contributed by atoms with Gasteiger partial charge in [0, 0.05) is 18.4 Å². The highest BCUT2D eigenvalue weighted by molar-refractivity contribution is 9.10. The Morgan fingerprint density at radius 1 is 1.17 bits per heavy atom. The quantitative estimate of drug-likeness (QED) is 0.878. The molecule has 1 N–H and O–H groups in total. The standard InChI is InChI=1S/C17H19BrN4O/c18-13-15(21-22-3-1-2-19-16(13)22)17(23)20-14-11-5-9-4-10(7-11)8-12(14)6-9/h1-3,9-12,14H,4-8H2,(H,20,23). The summed E-state index contributed by atoms with van der Waals surface area (Å²) in [4.78, 5) is 17.1. The topological polar surface area (TPSA) is 59.3 Å². The lowest BCUT2D eigenvalue weighted by Gasteiger charge is -2.54.